The van der Waals surface area contributed by atoms with Gasteiger partial charge >= 0.3 is 5.97 Å². The summed E-state index contributed by atoms with van der Waals surface area (Å²) in [5.74, 6) is -2.39. The molecule has 0 spiro atoms. The number of aromatic carboxylic acids is 1. The third kappa shape index (κ3) is 3.35. The van der Waals surface area contributed by atoms with Crippen molar-refractivity contribution in [3.63, 3.8) is 0 Å². The highest BCUT2D eigenvalue weighted by atomic mass is 16.6. The normalized spacial score (nSPS) is 12.8. The Bertz CT molecular complexity index is 1840. The summed E-state index contributed by atoms with van der Waals surface area (Å²) < 4.78 is 0. The molecule has 5 aromatic carbocycles. The lowest BCUT2D eigenvalue weighted by atomic mass is 9.87. The summed E-state index contributed by atoms with van der Waals surface area (Å²) in [5, 5.41) is 24.0. The molecule has 0 saturated heterocycles. The molecule has 178 valence electrons. The third-order valence-corrected chi connectivity index (χ3v) is 6.59. The first-order valence-electron chi connectivity index (χ1n) is 11.3. The molecular weight excluding hydrogens is 472 g/mol. The second kappa shape index (κ2) is 8.10. The standard InChI is InChI=1S/C29H16N2O6/c32-27-22-10-4-9-21-25(18-7-3-8-19(13-18)29(34)35)24(31(36)37)15-23(26(21)22)28(33)30(27)20-12-11-16-5-1-2-6-17(16)14-20/h1-15H,(H,34,35). The third-order valence-electron chi connectivity index (χ3n) is 6.59. The van der Waals surface area contributed by atoms with Gasteiger partial charge in [0.05, 0.1) is 27.3 Å². The highest BCUT2D eigenvalue weighted by Crippen LogP contribution is 2.43. The minimum atomic E-state index is -1.18. The monoisotopic (exact) mass is 488 g/mol. The maximum absolute atomic E-state index is 13.7. The molecule has 1 aliphatic heterocycles. The minimum absolute atomic E-state index is 0.0307. The predicted molar refractivity (Wildman–Crippen MR) is 138 cm³/mol. The fraction of sp³-hybridized carbons (Fsp3) is 0. The van der Waals surface area contributed by atoms with Crippen molar-refractivity contribution in [3.05, 3.63) is 118 Å². The lowest BCUT2D eigenvalue weighted by molar-refractivity contribution is -0.384. The van der Waals surface area contributed by atoms with Gasteiger partial charge < -0.3 is 5.11 Å². The maximum atomic E-state index is 13.7. The van der Waals surface area contributed by atoms with E-state index in [1.807, 2.05) is 30.3 Å². The van der Waals surface area contributed by atoms with Crippen molar-refractivity contribution in [2.24, 2.45) is 0 Å². The Labute approximate surface area is 209 Å². The average molecular weight is 488 g/mol. The first-order chi connectivity index (χ1) is 17.8. The van der Waals surface area contributed by atoms with E-state index in [4.69, 9.17) is 0 Å². The maximum Gasteiger partial charge on any atom is 0.335 e. The van der Waals surface area contributed by atoms with Crippen LogP contribution < -0.4 is 4.90 Å². The van der Waals surface area contributed by atoms with Crippen LogP contribution in [0.25, 0.3) is 32.7 Å². The van der Waals surface area contributed by atoms with Crippen LogP contribution in [0.15, 0.2) is 91.0 Å². The number of imide groups is 1. The van der Waals surface area contributed by atoms with Gasteiger partial charge in [-0.25, -0.2) is 9.69 Å². The van der Waals surface area contributed by atoms with E-state index in [1.165, 1.54) is 24.3 Å². The molecule has 2 amide bonds. The molecule has 1 N–H and O–H groups in total. The number of rotatable bonds is 4. The Kier molecular flexibility index (Phi) is 4.84. The van der Waals surface area contributed by atoms with Gasteiger partial charge in [-0.15, -0.1) is 0 Å². The first-order valence-corrected chi connectivity index (χ1v) is 11.3. The summed E-state index contributed by atoms with van der Waals surface area (Å²) in [4.78, 5) is 51.5. The number of benzene rings is 5. The van der Waals surface area contributed by atoms with Gasteiger partial charge in [-0.3, -0.25) is 19.7 Å². The molecule has 8 heteroatoms. The summed E-state index contributed by atoms with van der Waals surface area (Å²) in [5.41, 5.74) is 0.664. The number of hydrogen-bond donors (Lipinski definition) is 1. The number of hydrogen-bond acceptors (Lipinski definition) is 5. The quantitative estimate of drug-likeness (QED) is 0.186. The molecule has 0 bridgehead atoms. The summed E-state index contributed by atoms with van der Waals surface area (Å²) in [7, 11) is 0. The van der Waals surface area contributed by atoms with E-state index in [1.54, 1.807) is 36.4 Å². The van der Waals surface area contributed by atoms with E-state index in [-0.39, 0.29) is 27.9 Å². The number of carbonyl (C=O) groups excluding carboxylic acids is 2. The zero-order valence-electron chi connectivity index (χ0n) is 19.0. The Balaban J connectivity index is 1.62. The number of anilines is 1. The number of carboxylic acid groups (broad SMARTS) is 1. The number of nitrogens with zero attached hydrogens (tertiary/aromatic N) is 2. The van der Waals surface area contributed by atoms with E-state index in [0.29, 0.717) is 22.0 Å². The topological polar surface area (TPSA) is 118 Å². The van der Waals surface area contributed by atoms with Gasteiger partial charge in [-0.05, 0) is 52.1 Å². The highest BCUT2D eigenvalue weighted by molar-refractivity contribution is 6.37. The van der Waals surface area contributed by atoms with E-state index in [2.05, 4.69) is 0 Å². The van der Waals surface area contributed by atoms with Crippen molar-refractivity contribution in [1.29, 1.82) is 0 Å². The average Bonchev–Trinajstić information content (AvgIpc) is 2.91. The van der Waals surface area contributed by atoms with Gasteiger partial charge in [0.15, 0.2) is 0 Å². The van der Waals surface area contributed by atoms with E-state index < -0.39 is 22.7 Å². The van der Waals surface area contributed by atoms with E-state index in [0.717, 1.165) is 15.7 Å². The second-order valence-electron chi connectivity index (χ2n) is 8.67. The lowest BCUT2D eigenvalue weighted by Gasteiger charge is -2.28. The fourth-order valence-electron chi connectivity index (χ4n) is 4.96. The van der Waals surface area contributed by atoms with Crippen molar-refractivity contribution in [2.45, 2.75) is 0 Å². The minimum Gasteiger partial charge on any atom is -0.478 e. The van der Waals surface area contributed by atoms with Crippen LogP contribution in [0.2, 0.25) is 0 Å². The Morgan fingerprint density at radius 2 is 1.51 bits per heavy atom. The summed E-state index contributed by atoms with van der Waals surface area (Å²) in [6.07, 6.45) is 0. The van der Waals surface area contributed by atoms with Crippen LogP contribution in [0.4, 0.5) is 11.4 Å². The summed E-state index contributed by atoms with van der Waals surface area (Å²) in [6, 6.07) is 24.5. The molecule has 0 saturated carbocycles. The van der Waals surface area contributed by atoms with Crippen LogP contribution in [0.3, 0.4) is 0 Å². The van der Waals surface area contributed by atoms with Crippen molar-refractivity contribution in [2.75, 3.05) is 4.90 Å². The number of carboxylic acids is 1. The number of nitro groups is 1. The smallest absolute Gasteiger partial charge is 0.335 e. The Hall–Kier alpha value is -5.37. The summed E-state index contributed by atoms with van der Waals surface area (Å²) >= 11 is 0. The predicted octanol–water partition coefficient (Wildman–Crippen LogP) is 6.07. The van der Waals surface area contributed by atoms with Crippen LogP contribution in [0, 0.1) is 10.1 Å². The van der Waals surface area contributed by atoms with Crippen molar-refractivity contribution >= 4 is 50.7 Å². The molecule has 0 aliphatic carbocycles. The first kappa shape index (κ1) is 22.1. The van der Waals surface area contributed by atoms with Gasteiger partial charge in [0.1, 0.15) is 0 Å². The Morgan fingerprint density at radius 3 is 2.27 bits per heavy atom. The molecule has 0 unspecified atom stereocenters. The van der Waals surface area contributed by atoms with Gasteiger partial charge in [0.2, 0.25) is 0 Å². The molecule has 6 rings (SSSR count). The molecule has 0 aromatic heterocycles. The van der Waals surface area contributed by atoms with Crippen molar-refractivity contribution in [1.82, 2.24) is 0 Å². The van der Waals surface area contributed by atoms with Crippen molar-refractivity contribution in [3.8, 4) is 11.1 Å². The molecular formula is C29H16N2O6. The highest BCUT2D eigenvalue weighted by Gasteiger charge is 2.37. The Morgan fingerprint density at radius 1 is 0.784 bits per heavy atom. The molecule has 0 atom stereocenters. The van der Waals surface area contributed by atoms with Crippen LogP contribution >= 0.6 is 0 Å². The number of carbonyl (C=O) groups is 3. The van der Waals surface area contributed by atoms with Crippen molar-refractivity contribution < 1.29 is 24.4 Å². The lowest BCUT2D eigenvalue weighted by Crippen LogP contribution is -2.40. The molecule has 0 radical (unpaired) electrons. The van der Waals surface area contributed by atoms with Gasteiger partial charge in [-0.2, -0.15) is 0 Å². The second-order valence-corrected chi connectivity index (χ2v) is 8.67. The van der Waals surface area contributed by atoms with Gasteiger partial charge in [-0.1, -0.05) is 54.6 Å². The zero-order chi connectivity index (χ0) is 25.8. The van der Waals surface area contributed by atoms with Gasteiger partial charge in [0, 0.05) is 17.0 Å². The van der Waals surface area contributed by atoms with Crippen LogP contribution in [0.1, 0.15) is 31.1 Å². The molecule has 5 aromatic rings. The van der Waals surface area contributed by atoms with Crippen LogP contribution in [-0.2, 0) is 0 Å². The van der Waals surface area contributed by atoms with Gasteiger partial charge in [0.25, 0.3) is 17.5 Å². The zero-order valence-corrected chi connectivity index (χ0v) is 19.0. The number of amides is 2. The van der Waals surface area contributed by atoms with Crippen LogP contribution in [-0.4, -0.2) is 27.8 Å². The fourth-order valence-corrected chi connectivity index (χ4v) is 4.96. The SMILES string of the molecule is O=C(O)c1cccc(-c2c([N+](=O)[O-])cc3c4c(cccc24)C(=O)N(c2ccc4ccccc4c2)C3=O)c1. The van der Waals surface area contributed by atoms with E-state index >= 15 is 0 Å². The largest absolute Gasteiger partial charge is 0.478 e. The molecule has 0 fully saturated rings. The molecule has 37 heavy (non-hydrogen) atoms. The number of fused-ring (bicyclic) bond motifs is 1. The molecule has 1 aliphatic rings. The number of nitro benzene ring substituents is 1. The molecule has 8 nitrogen and oxygen atoms in total. The summed E-state index contributed by atoms with van der Waals surface area (Å²) in [6.45, 7) is 0. The molecule has 1 heterocycles. The van der Waals surface area contributed by atoms with E-state index in [9.17, 15) is 29.6 Å². The van der Waals surface area contributed by atoms with Crippen LogP contribution in [0.5, 0.6) is 0 Å².